The van der Waals surface area contributed by atoms with E-state index in [1.165, 1.54) is 0 Å². The standard InChI is InChI=1S/C19H24N4O2/c1-13-10-14(2)23(21-13)17-7-5-15(6-8-17)11-18(24)22-9-3-4-16(12-22)19(20)25/h5-8,10,16H,3-4,9,11-12H2,1-2H3,(H2,20,25). The Morgan fingerprint density at radius 1 is 1.24 bits per heavy atom. The Balaban J connectivity index is 1.66. The number of nitrogens with zero attached hydrogens (tertiary/aromatic N) is 3. The zero-order chi connectivity index (χ0) is 18.0. The quantitative estimate of drug-likeness (QED) is 0.921. The van der Waals surface area contributed by atoms with Crippen LogP contribution in [-0.4, -0.2) is 39.6 Å². The van der Waals surface area contributed by atoms with Gasteiger partial charge in [0.1, 0.15) is 0 Å². The molecule has 2 heterocycles. The fourth-order valence-corrected chi connectivity index (χ4v) is 3.37. The number of hydrogen-bond acceptors (Lipinski definition) is 3. The molecule has 132 valence electrons. The van der Waals surface area contributed by atoms with Gasteiger partial charge in [0.2, 0.25) is 11.8 Å². The first kappa shape index (κ1) is 17.2. The number of piperidine rings is 1. The lowest BCUT2D eigenvalue weighted by Gasteiger charge is -2.31. The largest absolute Gasteiger partial charge is 0.369 e. The minimum Gasteiger partial charge on any atom is -0.369 e. The Kier molecular flexibility index (Phi) is 4.88. The van der Waals surface area contributed by atoms with Gasteiger partial charge < -0.3 is 10.6 Å². The van der Waals surface area contributed by atoms with Crippen LogP contribution < -0.4 is 5.73 Å². The van der Waals surface area contributed by atoms with Crippen molar-refractivity contribution in [2.45, 2.75) is 33.1 Å². The molecule has 1 aliphatic rings. The topological polar surface area (TPSA) is 81.2 Å². The van der Waals surface area contributed by atoms with E-state index in [0.29, 0.717) is 19.5 Å². The van der Waals surface area contributed by atoms with Gasteiger partial charge in [-0.25, -0.2) is 4.68 Å². The van der Waals surface area contributed by atoms with Crippen molar-refractivity contribution >= 4 is 11.8 Å². The van der Waals surface area contributed by atoms with Crippen LogP contribution in [0.5, 0.6) is 0 Å². The van der Waals surface area contributed by atoms with E-state index in [9.17, 15) is 9.59 Å². The number of amides is 2. The number of likely N-dealkylation sites (tertiary alicyclic amines) is 1. The predicted octanol–water partition coefficient (Wildman–Crippen LogP) is 1.76. The first-order chi connectivity index (χ1) is 11.9. The number of nitrogens with two attached hydrogens (primary N) is 1. The summed E-state index contributed by atoms with van der Waals surface area (Å²) in [6.45, 7) is 5.13. The van der Waals surface area contributed by atoms with E-state index in [-0.39, 0.29) is 17.7 Å². The summed E-state index contributed by atoms with van der Waals surface area (Å²) in [6, 6.07) is 9.90. The van der Waals surface area contributed by atoms with E-state index in [2.05, 4.69) is 5.10 Å². The van der Waals surface area contributed by atoms with Crippen LogP contribution in [0, 0.1) is 19.8 Å². The average molecular weight is 340 g/mol. The lowest BCUT2D eigenvalue weighted by atomic mass is 9.97. The second-order valence-electron chi connectivity index (χ2n) is 6.76. The summed E-state index contributed by atoms with van der Waals surface area (Å²) in [7, 11) is 0. The molecule has 2 N–H and O–H groups in total. The highest BCUT2D eigenvalue weighted by Gasteiger charge is 2.26. The van der Waals surface area contributed by atoms with Crippen molar-refractivity contribution < 1.29 is 9.59 Å². The van der Waals surface area contributed by atoms with E-state index in [0.717, 1.165) is 35.5 Å². The van der Waals surface area contributed by atoms with Crippen LogP contribution in [0.2, 0.25) is 0 Å². The van der Waals surface area contributed by atoms with Crippen molar-refractivity contribution in [2.75, 3.05) is 13.1 Å². The van der Waals surface area contributed by atoms with Crippen LogP contribution in [0.1, 0.15) is 29.8 Å². The monoisotopic (exact) mass is 340 g/mol. The van der Waals surface area contributed by atoms with Gasteiger partial charge >= 0.3 is 0 Å². The van der Waals surface area contributed by atoms with E-state index in [4.69, 9.17) is 5.73 Å². The SMILES string of the molecule is Cc1cc(C)n(-c2ccc(CC(=O)N3CCCC(C(N)=O)C3)cc2)n1. The van der Waals surface area contributed by atoms with Gasteiger partial charge in [-0.2, -0.15) is 5.10 Å². The number of benzene rings is 1. The maximum absolute atomic E-state index is 12.5. The average Bonchev–Trinajstić information content (AvgIpc) is 2.94. The van der Waals surface area contributed by atoms with Crippen LogP contribution in [0.15, 0.2) is 30.3 Å². The van der Waals surface area contributed by atoms with Gasteiger partial charge in [-0.15, -0.1) is 0 Å². The van der Waals surface area contributed by atoms with E-state index in [1.807, 2.05) is 48.9 Å². The van der Waals surface area contributed by atoms with Gasteiger partial charge in [0, 0.05) is 18.8 Å². The summed E-state index contributed by atoms with van der Waals surface area (Å²) < 4.78 is 1.89. The molecule has 6 heteroatoms. The summed E-state index contributed by atoms with van der Waals surface area (Å²) in [5.74, 6) is -0.484. The lowest BCUT2D eigenvalue weighted by Crippen LogP contribution is -2.44. The van der Waals surface area contributed by atoms with E-state index < -0.39 is 0 Å². The van der Waals surface area contributed by atoms with Crippen molar-refractivity contribution in [3.8, 4) is 5.69 Å². The van der Waals surface area contributed by atoms with Crippen molar-refractivity contribution in [2.24, 2.45) is 11.7 Å². The third-order valence-corrected chi connectivity index (χ3v) is 4.72. The van der Waals surface area contributed by atoms with Crippen LogP contribution in [0.3, 0.4) is 0 Å². The third-order valence-electron chi connectivity index (χ3n) is 4.72. The van der Waals surface area contributed by atoms with Crippen molar-refractivity contribution in [3.05, 3.63) is 47.3 Å². The zero-order valence-electron chi connectivity index (χ0n) is 14.7. The summed E-state index contributed by atoms with van der Waals surface area (Å²) in [6.07, 6.45) is 1.94. The Bertz CT molecular complexity index is 779. The second kappa shape index (κ2) is 7.09. The summed E-state index contributed by atoms with van der Waals surface area (Å²) in [4.78, 5) is 25.6. The molecule has 1 saturated heterocycles. The van der Waals surface area contributed by atoms with E-state index >= 15 is 0 Å². The molecule has 0 spiro atoms. The second-order valence-corrected chi connectivity index (χ2v) is 6.76. The number of aryl methyl sites for hydroxylation is 2. The molecule has 1 aromatic carbocycles. The summed E-state index contributed by atoms with van der Waals surface area (Å²) >= 11 is 0. The number of rotatable bonds is 4. The van der Waals surface area contributed by atoms with Crippen LogP contribution >= 0.6 is 0 Å². The van der Waals surface area contributed by atoms with Gasteiger partial charge in [0.25, 0.3) is 0 Å². The minimum atomic E-state index is -0.313. The first-order valence-electron chi connectivity index (χ1n) is 8.63. The highest BCUT2D eigenvalue weighted by Crippen LogP contribution is 2.18. The van der Waals surface area contributed by atoms with Crippen molar-refractivity contribution in [1.82, 2.24) is 14.7 Å². The Hall–Kier alpha value is -2.63. The fraction of sp³-hybridized carbons (Fsp3) is 0.421. The first-order valence-corrected chi connectivity index (χ1v) is 8.63. The van der Waals surface area contributed by atoms with E-state index in [1.54, 1.807) is 4.90 Å². The third kappa shape index (κ3) is 3.90. The summed E-state index contributed by atoms with van der Waals surface area (Å²) in [5, 5.41) is 4.47. The van der Waals surface area contributed by atoms with Gasteiger partial charge in [0.15, 0.2) is 0 Å². The highest BCUT2D eigenvalue weighted by atomic mass is 16.2. The van der Waals surface area contributed by atoms with Crippen LogP contribution in [0.25, 0.3) is 5.69 Å². The molecule has 1 aliphatic heterocycles. The smallest absolute Gasteiger partial charge is 0.227 e. The molecular formula is C19H24N4O2. The molecule has 2 aromatic rings. The Labute approximate surface area is 147 Å². The zero-order valence-corrected chi connectivity index (χ0v) is 14.7. The predicted molar refractivity (Wildman–Crippen MR) is 95.2 cm³/mol. The molecule has 0 aliphatic carbocycles. The molecule has 3 rings (SSSR count). The van der Waals surface area contributed by atoms with Gasteiger partial charge in [-0.05, 0) is 50.5 Å². The molecule has 6 nitrogen and oxygen atoms in total. The van der Waals surface area contributed by atoms with Crippen molar-refractivity contribution in [3.63, 3.8) is 0 Å². The Morgan fingerprint density at radius 3 is 2.56 bits per heavy atom. The Morgan fingerprint density at radius 2 is 1.96 bits per heavy atom. The molecular weight excluding hydrogens is 316 g/mol. The molecule has 25 heavy (non-hydrogen) atoms. The number of carbonyl (C=O) groups is 2. The number of carbonyl (C=O) groups excluding carboxylic acids is 2. The lowest BCUT2D eigenvalue weighted by molar-refractivity contribution is -0.134. The van der Waals surface area contributed by atoms with Crippen molar-refractivity contribution in [1.29, 1.82) is 0 Å². The molecule has 0 radical (unpaired) electrons. The normalized spacial score (nSPS) is 17.5. The number of aromatic nitrogens is 2. The minimum absolute atomic E-state index is 0.0461. The molecule has 1 aromatic heterocycles. The molecule has 1 unspecified atom stereocenters. The van der Waals surface area contributed by atoms with Crippen LogP contribution in [-0.2, 0) is 16.0 Å². The molecule has 2 amide bonds. The number of hydrogen-bond donors (Lipinski definition) is 1. The van der Waals surface area contributed by atoms with Crippen LogP contribution in [0.4, 0.5) is 0 Å². The van der Waals surface area contributed by atoms with Gasteiger partial charge in [-0.3, -0.25) is 9.59 Å². The maximum atomic E-state index is 12.5. The molecule has 0 bridgehead atoms. The molecule has 1 fully saturated rings. The van der Waals surface area contributed by atoms with Gasteiger partial charge in [-0.1, -0.05) is 12.1 Å². The fourth-order valence-electron chi connectivity index (χ4n) is 3.37. The molecule has 1 atom stereocenters. The molecule has 0 saturated carbocycles. The highest BCUT2D eigenvalue weighted by molar-refractivity contribution is 5.81. The summed E-state index contributed by atoms with van der Waals surface area (Å²) in [5.41, 5.74) is 9.37. The maximum Gasteiger partial charge on any atom is 0.227 e. The number of primary amides is 1. The van der Waals surface area contributed by atoms with Gasteiger partial charge in [0.05, 0.1) is 23.7 Å².